The highest BCUT2D eigenvalue weighted by molar-refractivity contribution is 14.0. The molecule has 1 fully saturated rings. The van der Waals surface area contributed by atoms with E-state index in [2.05, 4.69) is 26.2 Å². The lowest BCUT2D eigenvalue weighted by atomic mass is 10.2. The molecule has 1 saturated heterocycles. The van der Waals surface area contributed by atoms with Crippen LogP contribution in [0.3, 0.4) is 0 Å². The molecule has 0 spiro atoms. The molecule has 9 heteroatoms. The smallest absolute Gasteiger partial charge is 0.194 e. The average molecular weight is 565 g/mol. The van der Waals surface area contributed by atoms with Crippen molar-refractivity contribution in [1.82, 2.24) is 10.2 Å². The van der Waals surface area contributed by atoms with Crippen molar-refractivity contribution in [3.63, 3.8) is 0 Å². The van der Waals surface area contributed by atoms with E-state index in [1.165, 1.54) is 0 Å². The third-order valence-electron chi connectivity index (χ3n) is 4.09. The molecule has 1 aliphatic rings. The highest BCUT2D eigenvalue weighted by Crippen LogP contribution is 2.25. The molecule has 2 rings (SSSR count). The van der Waals surface area contributed by atoms with Crippen LogP contribution in [-0.2, 0) is 16.4 Å². The van der Waals surface area contributed by atoms with E-state index in [9.17, 15) is 8.42 Å². The van der Waals surface area contributed by atoms with Gasteiger partial charge in [0.25, 0.3) is 0 Å². The Morgan fingerprint density at radius 2 is 2.12 bits per heavy atom. The van der Waals surface area contributed by atoms with Crippen molar-refractivity contribution in [2.24, 2.45) is 4.99 Å². The number of aliphatic imine (C=N–C) groups is 1. The lowest BCUT2D eigenvalue weighted by molar-refractivity contribution is 0.353. The Morgan fingerprint density at radius 1 is 1.44 bits per heavy atom. The van der Waals surface area contributed by atoms with Crippen LogP contribution < -0.4 is 5.32 Å². The summed E-state index contributed by atoms with van der Waals surface area (Å²) in [7, 11) is -3.07. The third kappa shape index (κ3) is 5.71. The maximum absolute atomic E-state index is 12.2. The normalized spacial score (nSPS) is 19.2. The number of benzene rings is 1. The fourth-order valence-corrected chi connectivity index (χ4v) is 4.66. The molecule has 5 nitrogen and oxygen atoms in total. The maximum Gasteiger partial charge on any atom is 0.194 e. The number of halogens is 3. The van der Waals surface area contributed by atoms with Crippen molar-refractivity contribution >= 4 is 67.3 Å². The minimum atomic E-state index is -3.07. The summed E-state index contributed by atoms with van der Waals surface area (Å²) in [5, 5.41) is 3.91. The van der Waals surface area contributed by atoms with E-state index in [4.69, 9.17) is 11.6 Å². The number of rotatable bonds is 3. The molecule has 1 N–H and O–H groups in total. The summed E-state index contributed by atoms with van der Waals surface area (Å²) in [5.74, 6) is 0.864. The number of sulfone groups is 1. The highest BCUT2D eigenvalue weighted by atomic mass is 127. The van der Waals surface area contributed by atoms with Crippen LogP contribution in [0.5, 0.6) is 0 Å². The number of nitrogens with zero attached hydrogens (tertiary/aromatic N) is 2. The van der Waals surface area contributed by atoms with Crippen LogP contribution >= 0.6 is 51.5 Å². The van der Waals surface area contributed by atoms with E-state index in [1.807, 2.05) is 30.0 Å². The molecule has 1 heterocycles. The van der Waals surface area contributed by atoms with Crippen molar-refractivity contribution in [1.29, 1.82) is 0 Å². The topological polar surface area (TPSA) is 61.8 Å². The van der Waals surface area contributed by atoms with Crippen molar-refractivity contribution in [2.75, 3.05) is 25.4 Å². The molecule has 25 heavy (non-hydrogen) atoms. The summed E-state index contributed by atoms with van der Waals surface area (Å²) in [6.45, 7) is 7.57. The largest absolute Gasteiger partial charge is 0.357 e. The average Bonchev–Trinajstić information content (AvgIpc) is 2.48. The second-order valence-electron chi connectivity index (χ2n) is 6.41. The van der Waals surface area contributed by atoms with Crippen molar-refractivity contribution in [2.45, 2.75) is 32.1 Å². The van der Waals surface area contributed by atoms with Crippen LogP contribution in [0.1, 0.15) is 26.3 Å². The van der Waals surface area contributed by atoms with Crippen LogP contribution in [0.15, 0.2) is 27.7 Å². The molecule has 0 amide bonds. The fraction of sp³-hybridized carbons (Fsp3) is 0.562. The van der Waals surface area contributed by atoms with Gasteiger partial charge in [-0.05, 0) is 38.5 Å². The van der Waals surface area contributed by atoms with Gasteiger partial charge < -0.3 is 10.2 Å². The molecular weight excluding hydrogens is 541 g/mol. The van der Waals surface area contributed by atoms with Gasteiger partial charge in [-0.3, -0.25) is 0 Å². The van der Waals surface area contributed by atoms with Crippen LogP contribution in [0, 0.1) is 0 Å². The van der Waals surface area contributed by atoms with Gasteiger partial charge in [-0.25, -0.2) is 13.4 Å². The fourth-order valence-electron chi connectivity index (χ4n) is 2.56. The number of guanidine groups is 1. The van der Waals surface area contributed by atoms with E-state index in [1.54, 1.807) is 13.8 Å². The van der Waals surface area contributed by atoms with Gasteiger partial charge in [0.1, 0.15) is 0 Å². The van der Waals surface area contributed by atoms with Crippen LogP contribution in [0.25, 0.3) is 0 Å². The molecule has 0 radical (unpaired) electrons. The summed E-state index contributed by atoms with van der Waals surface area (Å²) in [6.07, 6.45) is 0. The van der Waals surface area contributed by atoms with Gasteiger partial charge in [0.05, 0.1) is 17.0 Å². The standard InChI is InChI=1S/C16H23BrClN3O2S.HI/c1-4-19-15(20-10-12-5-6-13(17)9-14(12)18)21-7-8-24(22,23)16(2,3)11-21;/h5-6,9H,4,7-8,10-11H2,1-3H3,(H,19,20);1H. The van der Waals surface area contributed by atoms with E-state index < -0.39 is 14.6 Å². The number of hydrogen-bond donors (Lipinski definition) is 1. The van der Waals surface area contributed by atoms with Gasteiger partial charge in [-0.2, -0.15) is 0 Å². The van der Waals surface area contributed by atoms with E-state index in [0.29, 0.717) is 24.7 Å². The molecule has 0 aromatic heterocycles. The first-order valence-corrected chi connectivity index (χ1v) is 10.7. The van der Waals surface area contributed by atoms with Crippen molar-refractivity contribution < 1.29 is 8.42 Å². The summed E-state index contributed by atoms with van der Waals surface area (Å²) < 4.78 is 24.5. The summed E-state index contributed by atoms with van der Waals surface area (Å²) >= 11 is 9.64. The molecule has 0 bridgehead atoms. The van der Waals surface area contributed by atoms with E-state index in [0.717, 1.165) is 22.5 Å². The maximum atomic E-state index is 12.2. The first-order chi connectivity index (χ1) is 11.2. The van der Waals surface area contributed by atoms with Gasteiger partial charge in [-0.1, -0.05) is 33.6 Å². The Balaban J connectivity index is 0.00000312. The van der Waals surface area contributed by atoms with E-state index in [-0.39, 0.29) is 29.7 Å². The van der Waals surface area contributed by atoms with Gasteiger partial charge in [0.2, 0.25) is 0 Å². The van der Waals surface area contributed by atoms with Gasteiger partial charge in [0.15, 0.2) is 15.8 Å². The number of nitrogens with one attached hydrogen (secondary N) is 1. The molecule has 142 valence electrons. The van der Waals surface area contributed by atoms with Gasteiger partial charge in [0, 0.05) is 29.1 Å². The SMILES string of the molecule is CCNC(=NCc1ccc(Br)cc1Cl)N1CCS(=O)(=O)C(C)(C)C1.I. The van der Waals surface area contributed by atoms with Crippen LogP contribution in [-0.4, -0.2) is 49.4 Å². The predicted molar refractivity (Wildman–Crippen MR) is 119 cm³/mol. The van der Waals surface area contributed by atoms with Gasteiger partial charge in [-0.15, -0.1) is 24.0 Å². The quantitative estimate of drug-likeness (QED) is 0.346. The summed E-state index contributed by atoms with van der Waals surface area (Å²) in [4.78, 5) is 6.66. The molecule has 0 unspecified atom stereocenters. The summed E-state index contributed by atoms with van der Waals surface area (Å²) in [6, 6.07) is 5.71. The van der Waals surface area contributed by atoms with Crippen LogP contribution in [0.2, 0.25) is 5.02 Å². The molecule has 1 aromatic carbocycles. The first-order valence-electron chi connectivity index (χ1n) is 7.86. The Kier molecular flexibility index (Phi) is 8.49. The second kappa shape index (κ2) is 9.23. The zero-order valence-corrected chi connectivity index (χ0v) is 20.0. The van der Waals surface area contributed by atoms with Crippen molar-refractivity contribution in [3.05, 3.63) is 33.3 Å². The zero-order valence-electron chi connectivity index (χ0n) is 14.6. The minimum absolute atomic E-state index is 0. The monoisotopic (exact) mass is 563 g/mol. The third-order valence-corrected chi connectivity index (χ3v) is 7.47. The highest BCUT2D eigenvalue weighted by Gasteiger charge is 2.40. The summed E-state index contributed by atoms with van der Waals surface area (Å²) in [5.41, 5.74) is 0.930. The minimum Gasteiger partial charge on any atom is -0.357 e. The first kappa shape index (κ1) is 23.0. The lowest BCUT2D eigenvalue weighted by Gasteiger charge is -2.39. The lowest BCUT2D eigenvalue weighted by Crippen LogP contribution is -2.57. The van der Waals surface area contributed by atoms with Crippen LogP contribution in [0.4, 0.5) is 0 Å². The van der Waals surface area contributed by atoms with Crippen molar-refractivity contribution in [3.8, 4) is 0 Å². The Hall–Kier alpha value is -0.0600. The Morgan fingerprint density at radius 3 is 2.68 bits per heavy atom. The number of hydrogen-bond acceptors (Lipinski definition) is 3. The Bertz CT molecular complexity index is 741. The predicted octanol–water partition coefficient (Wildman–Crippen LogP) is 3.70. The molecule has 1 aliphatic heterocycles. The molecular formula is C16H24BrClIN3O2S. The molecule has 0 atom stereocenters. The molecule has 1 aromatic rings. The van der Waals surface area contributed by atoms with E-state index >= 15 is 0 Å². The Labute approximate surface area is 180 Å². The zero-order chi connectivity index (χ0) is 18.0. The molecule has 0 aliphatic carbocycles. The molecule has 0 saturated carbocycles. The second-order valence-corrected chi connectivity index (χ2v) is 10.5. The van der Waals surface area contributed by atoms with Gasteiger partial charge >= 0.3 is 0 Å².